The van der Waals surface area contributed by atoms with Gasteiger partial charge in [0.2, 0.25) is 11.1 Å². The molecular weight excluding hydrogens is 318 g/mol. The molecule has 0 fully saturated rings. The minimum Gasteiger partial charge on any atom is -0.485 e. The Morgan fingerprint density at radius 2 is 2.17 bits per heavy atom. The van der Waals surface area contributed by atoms with Crippen molar-refractivity contribution in [2.75, 3.05) is 5.75 Å². The summed E-state index contributed by atoms with van der Waals surface area (Å²) >= 11 is 1.09. The Balaban J connectivity index is 1.86. The van der Waals surface area contributed by atoms with E-state index in [4.69, 9.17) is 10.5 Å². The largest absolute Gasteiger partial charge is 0.485 e. The van der Waals surface area contributed by atoms with Crippen LogP contribution in [0.25, 0.3) is 0 Å². The molecule has 9 heteroatoms. The van der Waals surface area contributed by atoms with Gasteiger partial charge in [-0.25, -0.2) is 9.78 Å². The van der Waals surface area contributed by atoms with Gasteiger partial charge in [0, 0.05) is 0 Å². The van der Waals surface area contributed by atoms with E-state index < -0.39 is 11.9 Å². The predicted octanol–water partition coefficient (Wildman–Crippen LogP) is 1.29. The third kappa shape index (κ3) is 5.29. The van der Waals surface area contributed by atoms with Gasteiger partial charge in [0.1, 0.15) is 12.4 Å². The van der Waals surface area contributed by atoms with E-state index in [0.29, 0.717) is 11.0 Å². The zero-order valence-electron chi connectivity index (χ0n) is 12.8. The molecule has 1 heterocycles. The number of benzene rings is 1. The van der Waals surface area contributed by atoms with Crippen molar-refractivity contribution in [1.29, 1.82) is 0 Å². The minimum absolute atomic E-state index is 0.00191. The predicted molar refractivity (Wildman–Crippen MR) is 85.1 cm³/mol. The summed E-state index contributed by atoms with van der Waals surface area (Å²) in [5, 5.41) is 9.07. The van der Waals surface area contributed by atoms with Gasteiger partial charge < -0.3 is 10.5 Å². The first-order chi connectivity index (χ1) is 10.9. The van der Waals surface area contributed by atoms with E-state index in [-0.39, 0.29) is 12.4 Å². The number of rotatable bonds is 6. The maximum Gasteiger partial charge on any atom is 0.318 e. The number of ether oxygens (including phenoxy) is 1. The van der Waals surface area contributed by atoms with Crippen LogP contribution in [0.2, 0.25) is 0 Å². The van der Waals surface area contributed by atoms with E-state index in [1.54, 1.807) is 0 Å². The van der Waals surface area contributed by atoms with Crippen LogP contribution in [0, 0.1) is 13.8 Å². The maximum atomic E-state index is 11.3. The van der Waals surface area contributed by atoms with Crippen molar-refractivity contribution >= 4 is 23.7 Å². The van der Waals surface area contributed by atoms with Crippen LogP contribution in [-0.2, 0) is 11.4 Å². The number of primary amides is 1. The van der Waals surface area contributed by atoms with Crippen molar-refractivity contribution in [3.05, 3.63) is 35.2 Å². The summed E-state index contributed by atoms with van der Waals surface area (Å²) in [5.41, 5.74) is 7.00. The lowest BCUT2D eigenvalue weighted by molar-refractivity contribution is -0.117. The molecule has 0 bridgehead atoms. The number of H-pyrrole nitrogens is 1. The molecule has 3 amide bonds. The number of urea groups is 1. The lowest BCUT2D eigenvalue weighted by Gasteiger charge is -2.08. The monoisotopic (exact) mass is 335 g/mol. The number of hydrogen-bond donors (Lipinski definition) is 3. The Morgan fingerprint density at radius 3 is 2.91 bits per heavy atom. The van der Waals surface area contributed by atoms with Crippen molar-refractivity contribution in [1.82, 2.24) is 20.5 Å². The molecule has 4 N–H and O–H groups in total. The van der Waals surface area contributed by atoms with Crippen LogP contribution in [-0.4, -0.2) is 32.9 Å². The normalized spacial score (nSPS) is 10.3. The topological polar surface area (TPSA) is 123 Å². The summed E-state index contributed by atoms with van der Waals surface area (Å²) in [6, 6.07) is 5.08. The van der Waals surface area contributed by atoms with Crippen molar-refractivity contribution in [3.8, 4) is 5.75 Å². The highest BCUT2D eigenvalue weighted by Gasteiger charge is 2.10. The van der Waals surface area contributed by atoms with Gasteiger partial charge in [-0.1, -0.05) is 23.9 Å². The molecule has 1 aromatic carbocycles. The van der Waals surface area contributed by atoms with E-state index in [2.05, 4.69) is 15.2 Å². The summed E-state index contributed by atoms with van der Waals surface area (Å²) in [6.07, 6.45) is 0. The molecule has 0 saturated heterocycles. The van der Waals surface area contributed by atoms with E-state index >= 15 is 0 Å². The molecule has 8 nitrogen and oxygen atoms in total. The van der Waals surface area contributed by atoms with Crippen LogP contribution in [0.5, 0.6) is 5.75 Å². The Labute approximate surface area is 137 Å². The first-order valence-corrected chi connectivity index (χ1v) is 7.76. The van der Waals surface area contributed by atoms with Gasteiger partial charge in [-0.05, 0) is 31.0 Å². The Bertz CT molecular complexity index is 716. The van der Waals surface area contributed by atoms with Gasteiger partial charge in [-0.2, -0.15) is 0 Å². The number of thioether (sulfide) groups is 1. The van der Waals surface area contributed by atoms with Gasteiger partial charge in [0.05, 0.1) is 5.75 Å². The zero-order valence-corrected chi connectivity index (χ0v) is 13.6. The number of aromatic nitrogens is 3. The molecular formula is C14H17N5O3S. The molecule has 0 aliphatic carbocycles. The van der Waals surface area contributed by atoms with Crippen LogP contribution in [0.4, 0.5) is 4.79 Å². The van der Waals surface area contributed by atoms with E-state index in [1.807, 2.05) is 37.4 Å². The van der Waals surface area contributed by atoms with E-state index in [0.717, 1.165) is 28.6 Å². The van der Waals surface area contributed by atoms with Gasteiger partial charge >= 0.3 is 6.03 Å². The van der Waals surface area contributed by atoms with Crippen LogP contribution in [0.15, 0.2) is 23.4 Å². The van der Waals surface area contributed by atoms with E-state index in [1.165, 1.54) is 0 Å². The van der Waals surface area contributed by atoms with Crippen molar-refractivity contribution in [2.45, 2.75) is 25.6 Å². The zero-order chi connectivity index (χ0) is 16.8. The second kappa shape index (κ2) is 7.63. The molecule has 0 spiro atoms. The summed E-state index contributed by atoms with van der Waals surface area (Å²) < 4.78 is 5.71. The second-order valence-electron chi connectivity index (χ2n) is 4.82. The minimum atomic E-state index is -0.881. The molecule has 0 radical (unpaired) electrons. The lowest BCUT2D eigenvalue weighted by Crippen LogP contribution is -2.36. The molecule has 122 valence electrons. The molecule has 2 aromatic rings. The Hall–Kier alpha value is -2.55. The number of amides is 3. The number of imide groups is 1. The average Bonchev–Trinajstić information content (AvgIpc) is 2.93. The first kappa shape index (κ1) is 16.8. The van der Waals surface area contributed by atoms with Gasteiger partial charge in [0.15, 0.2) is 5.82 Å². The third-order valence-electron chi connectivity index (χ3n) is 2.81. The quantitative estimate of drug-likeness (QED) is 0.684. The van der Waals surface area contributed by atoms with Crippen molar-refractivity contribution in [3.63, 3.8) is 0 Å². The number of nitrogens with zero attached hydrogens (tertiary/aromatic N) is 2. The highest BCUT2D eigenvalue weighted by atomic mass is 32.2. The number of aryl methyl sites for hydroxylation is 2. The highest BCUT2D eigenvalue weighted by Crippen LogP contribution is 2.20. The van der Waals surface area contributed by atoms with Gasteiger partial charge in [0.25, 0.3) is 0 Å². The fraction of sp³-hybridized carbons (Fsp3) is 0.286. The molecule has 0 atom stereocenters. The van der Waals surface area contributed by atoms with Crippen LogP contribution < -0.4 is 15.8 Å². The molecule has 23 heavy (non-hydrogen) atoms. The van der Waals surface area contributed by atoms with Crippen molar-refractivity contribution in [2.24, 2.45) is 5.73 Å². The van der Waals surface area contributed by atoms with Crippen LogP contribution in [0.1, 0.15) is 17.0 Å². The third-order valence-corrected chi connectivity index (χ3v) is 3.66. The average molecular weight is 335 g/mol. The van der Waals surface area contributed by atoms with Crippen molar-refractivity contribution < 1.29 is 14.3 Å². The number of carbonyl (C=O) groups excluding carboxylic acids is 2. The van der Waals surface area contributed by atoms with Gasteiger partial charge in [-0.3, -0.25) is 15.2 Å². The molecule has 1 aromatic heterocycles. The highest BCUT2D eigenvalue weighted by molar-refractivity contribution is 7.99. The molecule has 0 aliphatic rings. The van der Waals surface area contributed by atoms with Crippen LogP contribution in [0.3, 0.4) is 0 Å². The Morgan fingerprint density at radius 1 is 1.39 bits per heavy atom. The summed E-state index contributed by atoms with van der Waals surface area (Å²) in [6.45, 7) is 4.20. The second-order valence-corrected chi connectivity index (χ2v) is 5.77. The number of nitrogens with one attached hydrogen (secondary N) is 2. The Kier molecular flexibility index (Phi) is 5.58. The van der Waals surface area contributed by atoms with E-state index in [9.17, 15) is 9.59 Å². The molecule has 2 rings (SSSR count). The smallest absolute Gasteiger partial charge is 0.318 e. The summed E-state index contributed by atoms with van der Waals surface area (Å²) in [4.78, 5) is 26.0. The first-order valence-electron chi connectivity index (χ1n) is 6.77. The van der Waals surface area contributed by atoms with Gasteiger partial charge in [-0.15, -0.1) is 5.10 Å². The maximum absolute atomic E-state index is 11.3. The molecule has 0 unspecified atom stereocenters. The number of aromatic amines is 1. The number of carbonyl (C=O) groups is 2. The molecule has 0 saturated carbocycles. The summed E-state index contributed by atoms with van der Waals surface area (Å²) in [7, 11) is 0. The SMILES string of the molecule is Cc1ccc(C)c(OCc2nc(SCC(=O)NC(N)=O)n[nH]2)c1. The number of nitrogens with two attached hydrogens (primary N) is 1. The fourth-order valence-corrected chi connectivity index (χ4v) is 2.34. The summed E-state index contributed by atoms with van der Waals surface area (Å²) in [5.74, 6) is 0.832. The number of hydrogen-bond acceptors (Lipinski definition) is 6. The fourth-order valence-electron chi connectivity index (χ4n) is 1.72. The lowest BCUT2D eigenvalue weighted by atomic mass is 10.1. The standard InChI is InChI=1S/C14H17N5O3S/c1-8-3-4-9(2)10(5-8)22-6-11-16-14(19-18-11)23-7-12(20)17-13(15)21/h3-5H,6-7H2,1-2H3,(H,16,18,19)(H3,15,17,20,21). The van der Waals surface area contributed by atoms with Crippen LogP contribution >= 0.6 is 11.8 Å². The molecule has 0 aliphatic heterocycles.